The molecule has 0 bridgehead atoms. The summed E-state index contributed by atoms with van der Waals surface area (Å²) in [6.07, 6.45) is 9.18. The molecule has 2 heterocycles. The van der Waals surface area contributed by atoms with Crippen molar-refractivity contribution >= 4 is 0 Å². The van der Waals surface area contributed by atoms with E-state index < -0.39 is 0 Å². The molecule has 0 radical (unpaired) electrons. The maximum Gasteiger partial charge on any atom is 0.0727 e. The van der Waals surface area contributed by atoms with Gasteiger partial charge in [0.15, 0.2) is 0 Å². The van der Waals surface area contributed by atoms with Crippen LogP contribution < -0.4 is 0 Å². The van der Waals surface area contributed by atoms with Gasteiger partial charge in [0.1, 0.15) is 0 Å². The van der Waals surface area contributed by atoms with Gasteiger partial charge in [0.05, 0.1) is 11.4 Å². The fraction of sp³-hybridized carbons (Fsp3) is 0.714. The number of likely N-dealkylation sites (tertiary alicyclic amines) is 1. The van der Waals surface area contributed by atoms with E-state index in [1.165, 1.54) is 38.8 Å². The Morgan fingerprint density at radius 3 is 2.82 bits per heavy atom. The monoisotopic (exact) mass is 233 g/mol. The van der Waals surface area contributed by atoms with Crippen molar-refractivity contribution < 1.29 is 0 Å². The first-order chi connectivity index (χ1) is 8.28. The molecule has 0 N–H and O–H groups in total. The van der Waals surface area contributed by atoms with Gasteiger partial charge in [-0.3, -0.25) is 14.9 Å². The molecule has 1 atom stereocenters. The molecule has 0 aliphatic carbocycles. The van der Waals surface area contributed by atoms with Crippen LogP contribution in [-0.4, -0.2) is 28.0 Å². The van der Waals surface area contributed by atoms with Crippen LogP contribution in [0.5, 0.6) is 0 Å². The molecule has 0 saturated carbocycles. The molecule has 1 unspecified atom stereocenters. The van der Waals surface area contributed by atoms with E-state index in [0.29, 0.717) is 0 Å². The lowest BCUT2D eigenvalue weighted by atomic mass is 9.98. The summed E-state index contributed by atoms with van der Waals surface area (Å²) >= 11 is 0. The molecule has 17 heavy (non-hydrogen) atoms. The molecule has 0 amide bonds. The smallest absolute Gasteiger partial charge is 0.0727 e. The average Bonchev–Trinajstić information content (AvgIpc) is 2.57. The molecule has 1 aromatic heterocycles. The second kappa shape index (κ2) is 6.10. The summed E-state index contributed by atoms with van der Waals surface area (Å²) in [4.78, 5) is 11.3. The zero-order valence-corrected chi connectivity index (χ0v) is 11.0. The molecule has 3 nitrogen and oxygen atoms in total. The van der Waals surface area contributed by atoms with E-state index >= 15 is 0 Å². The molecule has 2 rings (SSSR count). The van der Waals surface area contributed by atoms with Crippen LogP contribution >= 0.6 is 0 Å². The topological polar surface area (TPSA) is 29.0 Å². The number of hydrogen-bond acceptors (Lipinski definition) is 3. The minimum Gasteiger partial charge on any atom is -0.297 e. The second-order valence-electron chi connectivity index (χ2n) is 5.13. The third-order valence-electron chi connectivity index (χ3n) is 3.74. The van der Waals surface area contributed by atoms with E-state index in [-0.39, 0.29) is 0 Å². The van der Waals surface area contributed by atoms with Gasteiger partial charge in [0.2, 0.25) is 0 Å². The Morgan fingerprint density at radius 2 is 2.12 bits per heavy atom. The van der Waals surface area contributed by atoms with Crippen LogP contribution in [0.2, 0.25) is 0 Å². The Labute approximate surface area is 104 Å². The van der Waals surface area contributed by atoms with Crippen molar-refractivity contribution in [1.29, 1.82) is 0 Å². The van der Waals surface area contributed by atoms with E-state index in [9.17, 15) is 0 Å². The summed E-state index contributed by atoms with van der Waals surface area (Å²) in [7, 11) is 0. The predicted molar refractivity (Wildman–Crippen MR) is 69.7 cm³/mol. The first-order valence-electron chi connectivity index (χ1n) is 6.78. The summed E-state index contributed by atoms with van der Waals surface area (Å²) in [6.45, 7) is 7.68. The molecule has 3 heteroatoms. The summed E-state index contributed by atoms with van der Waals surface area (Å²) in [5.41, 5.74) is 2.10. The number of aryl methyl sites for hydroxylation is 1. The highest BCUT2D eigenvalue weighted by Crippen LogP contribution is 2.20. The highest BCUT2D eigenvalue weighted by molar-refractivity contribution is 5.00. The van der Waals surface area contributed by atoms with Crippen molar-refractivity contribution in [3.63, 3.8) is 0 Å². The molecule has 0 spiro atoms. The van der Waals surface area contributed by atoms with Gasteiger partial charge in [-0.2, -0.15) is 0 Å². The van der Waals surface area contributed by atoms with Crippen molar-refractivity contribution in [2.75, 3.05) is 13.1 Å². The van der Waals surface area contributed by atoms with Crippen LogP contribution in [0, 0.1) is 12.8 Å². The van der Waals surface area contributed by atoms with Gasteiger partial charge in [-0.15, -0.1) is 0 Å². The maximum absolute atomic E-state index is 4.44. The number of rotatable bonds is 3. The van der Waals surface area contributed by atoms with Gasteiger partial charge >= 0.3 is 0 Å². The highest BCUT2D eigenvalue weighted by Gasteiger charge is 2.15. The van der Waals surface area contributed by atoms with Gasteiger partial charge in [-0.05, 0) is 45.2 Å². The zero-order valence-electron chi connectivity index (χ0n) is 11.0. The maximum atomic E-state index is 4.44. The van der Waals surface area contributed by atoms with Crippen LogP contribution in [0.25, 0.3) is 0 Å². The Hall–Kier alpha value is -0.960. The standard InChI is InChI=1S/C14H23N3/c1-3-13-5-4-7-17(8-6-13)11-14-10-15-12(2)9-16-14/h9-10,13H,3-8,11H2,1-2H3. The highest BCUT2D eigenvalue weighted by atomic mass is 15.1. The summed E-state index contributed by atoms with van der Waals surface area (Å²) in [5.74, 6) is 0.934. The molecule has 94 valence electrons. The van der Waals surface area contributed by atoms with Crippen LogP contribution in [-0.2, 0) is 6.54 Å². The average molecular weight is 233 g/mol. The Kier molecular flexibility index (Phi) is 4.49. The lowest BCUT2D eigenvalue weighted by Gasteiger charge is -2.19. The first kappa shape index (κ1) is 12.5. The summed E-state index contributed by atoms with van der Waals surface area (Å²) in [6, 6.07) is 0. The number of hydrogen-bond donors (Lipinski definition) is 0. The van der Waals surface area contributed by atoms with Crippen molar-refractivity contribution in [2.24, 2.45) is 5.92 Å². The van der Waals surface area contributed by atoms with E-state index in [1.54, 1.807) is 0 Å². The third kappa shape index (κ3) is 3.77. The normalized spacial score (nSPS) is 22.4. The van der Waals surface area contributed by atoms with Gasteiger partial charge in [0.25, 0.3) is 0 Å². The summed E-state index contributed by atoms with van der Waals surface area (Å²) in [5, 5.41) is 0. The zero-order chi connectivity index (χ0) is 12.1. The van der Waals surface area contributed by atoms with Crippen LogP contribution in [0.4, 0.5) is 0 Å². The molecule has 1 aliphatic rings. The molecule has 1 aliphatic heterocycles. The Morgan fingerprint density at radius 1 is 1.24 bits per heavy atom. The van der Waals surface area contributed by atoms with E-state index in [1.807, 2.05) is 19.3 Å². The number of aromatic nitrogens is 2. The van der Waals surface area contributed by atoms with Crippen molar-refractivity contribution in [3.05, 3.63) is 23.8 Å². The third-order valence-corrected chi connectivity index (χ3v) is 3.74. The lowest BCUT2D eigenvalue weighted by Crippen LogP contribution is -2.24. The SMILES string of the molecule is CCC1CCCN(Cc2cnc(C)cn2)CC1. The summed E-state index contributed by atoms with van der Waals surface area (Å²) < 4.78 is 0. The fourth-order valence-corrected chi connectivity index (χ4v) is 2.52. The second-order valence-corrected chi connectivity index (χ2v) is 5.13. The largest absolute Gasteiger partial charge is 0.297 e. The van der Waals surface area contributed by atoms with Gasteiger partial charge in [-0.25, -0.2) is 0 Å². The van der Waals surface area contributed by atoms with E-state index in [4.69, 9.17) is 0 Å². The van der Waals surface area contributed by atoms with Crippen molar-refractivity contribution in [3.8, 4) is 0 Å². The first-order valence-corrected chi connectivity index (χ1v) is 6.78. The van der Waals surface area contributed by atoms with E-state index in [2.05, 4.69) is 21.8 Å². The van der Waals surface area contributed by atoms with E-state index in [0.717, 1.165) is 23.9 Å². The number of nitrogens with zero attached hydrogens (tertiary/aromatic N) is 3. The molecule has 0 aromatic carbocycles. The molecule has 1 saturated heterocycles. The van der Waals surface area contributed by atoms with Crippen molar-refractivity contribution in [2.45, 2.75) is 46.1 Å². The lowest BCUT2D eigenvalue weighted by molar-refractivity contribution is 0.268. The Bertz CT molecular complexity index is 334. The van der Waals surface area contributed by atoms with Gasteiger partial charge in [0, 0.05) is 18.9 Å². The molecular formula is C14H23N3. The minimum atomic E-state index is 0.934. The van der Waals surface area contributed by atoms with Gasteiger partial charge < -0.3 is 0 Å². The molecular weight excluding hydrogens is 210 g/mol. The van der Waals surface area contributed by atoms with Crippen LogP contribution in [0.3, 0.4) is 0 Å². The van der Waals surface area contributed by atoms with Gasteiger partial charge in [-0.1, -0.05) is 13.3 Å². The predicted octanol–water partition coefficient (Wildman–Crippen LogP) is 2.80. The molecule has 1 fully saturated rings. The minimum absolute atomic E-state index is 0.934. The van der Waals surface area contributed by atoms with Crippen LogP contribution in [0.1, 0.15) is 44.0 Å². The van der Waals surface area contributed by atoms with Crippen molar-refractivity contribution in [1.82, 2.24) is 14.9 Å². The Balaban J connectivity index is 1.88. The molecule has 1 aromatic rings. The fourth-order valence-electron chi connectivity index (χ4n) is 2.52. The van der Waals surface area contributed by atoms with Crippen LogP contribution in [0.15, 0.2) is 12.4 Å². The quantitative estimate of drug-likeness (QED) is 0.804.